The van der Waals surface area contributed by atoms with Gasteiger partial charge in [-0.15, -0.1) is 0 Å². The zero-order chi connectivity index (χ0) is 26.7. The number of rotatable bonds is 5. The second-order valence-electron chi connectivity index (χ2n) is 9.99. The number of nitrogens with zero attached hydrogens (tertiary/aromatic N) is 2. The lowest BCUT2D eigenvalue weighted by Crippen LogP contribution is -2.55. The van der Waals surface area contributed by atoms with Crippen molar-refractivity contribution in [3.63, 3.8) is 0 Å². The van der Waals surface area contributed by atoms with Crippen molar-refractivity contribution in [2.75, 3.05) is 31.1 Å². The molecule has 3 unspecified atom stereocenters. The molecular weight excluding hydrogens is 514 g/mol. The van der Waals surface area contributed by atoms with E-state index in [4.69, 9.17) is 11.1 Å². The average Bonchev–Trinajstić information content (AvgIpc) is 2.82. The molecule has 3 atom stereocenters. The van der Waals surface area contributed by atoms with Crippen molar-refractivity contribution in [1.29, 1.82) is 5.41 Å². The number of carbonyl (C=O) groups excluding carboxylic acids is 1. The van der Waals surface area contributed by atoms with Crippen molar-refractivity contribution in [3.8, 4) is 0 Å². The first-order valence-electron chi connectivity index (χ1n) is 12.3. The Morgan fingerprint density at radius 2 is 1.69 bits per heavy atom. The molecule has 1 aliphatic heterocycles. The maximum Gasteiger partial charge on any atom is 0.439 e. The Kier molecular flexibility index (Phi) is 9.69. The molecule has 1 saturated heterocycles. The van der Waals surface area contributed by atoms with Crippen molar-refractivity contribution < 1.29 is 40.4 Å². The van der Waals surface area contributed by atoms with E-state index in [1.165, 1.54) is 0 Å². The van der Waals surface area contributed by atoms with E-state index in [0.29, 0.717) is 50.0 Å². The van der Waals surface area contributed by atoms with Gasteiger partial charge in [0.25, 0.3) is 0 Å². The second kappa shape index (κ2) is 12.0. The molecule has 3 rings (SSSR count). The van der Waals surface area contributed by atoms with Gasteiger partial charge in [-0.3, -0.25) is 11.1 Å². The largest absolute Gasteiger partial charge is 0.616 e. The molecule has 3 aliphatic rings. The number of hydrogen-bond acceptors (Lipinski definition) is 5. The van der Waals surface area contributed by atoms with Crippen LogP contribution in [-0.4, -0.2) is 82.0 Å². The summed E-state index contributed by atoms with van der Waals surface area (Å²) in [6, 6.07) is -0.900. The molecule has 2 amide bonds. The van der Waals surface area contributed by atoms with Crippen molar-refractivity contribution in [2.45, 2.75) is 76.0 Å². The molecule has 3 fully saturated rings. The summed E-state index contributed by atoms with van der Waals surface area (Å²) in [7, 11) is 0. The van der Waals surface area contributed by atoms with Crippen LogP contribution in [0.15, 0.2) is 0 Å². The molecule has 0 aromatic heterocycles. The van der Waals surface area contributed by atoms with Crippen LogP contribution in [0.4, 0.5) is 31.1 Å². The van der Waals surface area contributed by atoms with Crippen LogP contribution in [0.25, 0.3) is 0 Å². The summed E-state index contributed by atoms with van der Waals surface area (Å²) in [6.07, 6.45) is -9.21. The topological polar surface area (TPSA) is 106 Å². The Morgan fingerprint density at radius 3 is 2.25 bits per heavy atom. The summed E-state index contributed by atoms with van der Waals surface area (Å²) in [5, 5.41) is 7.86. The maximum atomic E-state index is 13.5. The monoisotopic (exact) mass is 548 g/mol. The zero-order valence-electron chi connectivity index (χ0n) is 20.0. The van der Waals surface area contributed by atoms with Gasteiger partial charge in [-0.05, 0) is 50.9 Å². The Balaban J connectivity index is 1.63. The summed E-state index contributed by atoms with van der Waals surface area (Å²) >= 11 is -1.01. The van der Waals surface area contributed by atoms with Gasteiger partial charge in [0, 0.05) is 18.5 Å². The van der Waals surface area contributed by atoms with Crippen molar-refractivity contribution in [3.05, 3.63) is 0 Å². The Morgan fingerprint density at radius 1 is 1.08 bits per heavy atom. The number of urea groups is 1. The first-order chi connectivity index (χ1) is 16.8. The SMILES string of the molecule is N=C(OC(N)C(F)(F)F)C1CCC(CN(C(=O)N2CC[S+]([O-])CC2)C2CCCC(C(F)(F)F)C2)CC1. The Hall–Kier alpha value is -1.41. The predicted octanol–water partition coefficient (Wildman–Crippen LogP) is 4.24. The molecule has 2 saturated carbocycles. The third kappa shape index (κ3) is 7.80. The molecule has 0 spiro atoms. The lowest BCUT2D eigenvalue weighted by atomic mass is 9.80. The summed E-state index contributed by atoms with van der Waals surface area (Å²) < 4.78 is 94.6. The van der Waals surface area contributed by atoms with E-state index in [1.807, 2.05) is 0 Å². The summed E-state index contributed by atoms with van der Waals surface area (Å²) in [6.45, 7) is 0.826. The molecule has 0 bridgehead atoms. The van der Waals surface area contributed by atoms with E-state index in [-0.39, 0.29) is 44.4 Å². The highest BCUT2D eigenvalue weighted by molar-refractivity contribution is 7.91. The van der Waals surface area contributed by atoms with Crippen LogP contribution in [0, 0.1) is 23.2 Å². The quantitative estimate of drug-likeness (QED) is 0.176. The molecule has 3 N–H and O–H groups in total. The second-order valence-corrected chi connectivity index (χ2v) is 11.7. The lowest BCUT2D eigenvalue weighted by molar-refractivity contribution is -0.198. The standard InChI is InChI=1S/C22H34F6N4O3S/c23-21(24,25)16-2-1-3-17(12-16)32(20(33)31-8-10-36(34)11-9-31)13-14-4-6-15(7-5-14)18(29)35-19(30)22(26,27)28/h14-17,19,29H,1-13,30H2. The van der Waals surface area contributed by atoms with E-state index in [2.05, 4.69) is 4.74 Å². The molecule has 14 heteroatoms. The molecular formula is C22H34F6N4O3S. The fourth-order valence-corrected chi connectivity index (χ4v) is 6.38. The van der Waals surface area contributed by atoms with Crippen LogP contribution in [0.1, 0.15) is 51.4 Å². The number of halogens is 6. The number of carbonyl (C=O) groups is 1. The fraction of sp³-hybridized carbons (Fsp3) is 0.909. The van der Waals surface area contributed by atoms with Gasteiger partial charge in [-0.25, -0.2) is 4.79 Å². The van der Waals surface area contributed by atoms with Gasteiger partial charge in [0.15, 0.2) is 5.90 Å². The van der Waals surface area contributed by atoms with Crippen LogP contribution < -0.4 is 5.73 Å². The smallest absolute Gasteiger partial charge is 0.439 e. The van der Waals surface area contributed by atoms with Crippen LogP contribution in [0.2, 0.25) is 0 Å². The number of nitrogens with one attached hydrogen (secondary N) is 1. The number of nitrogens with two attached hydrogens (primary N) is 1. The summed E-state index contributed by atoms with van der Waals surface area (Å²) in [4.78, 5) is 16.5. The van der Waals surface area contributed by atoms with Crippen LogP contribution in [-0.2, 0) is 15.9 Å². The van der Waals surface area contributed by atoms with E-state index in [1.54, 1.807) is 9.80 Å². The number of alkyl halides is 6. The predicted molar refractivity (Wildman–Crippen MR) is 122 cm³/mol. The minimum absolute atomic E-state index is 0.0397. The van der Waals surface area contributed by atoms with E-state index in [0.717, 1.165) is 0 Å². The number of hydrogen-bond donors (Lipinski definition) is 2. The first kappa shape index (κ1) is 29.2. The molecule has 0 aromatic rings. The maximum absolute atomic E-state index is 13.5. The van der Waals surface area contributed by atoms with Gasteiger partial charge in [0.2, 0.25) is 6.23 Å². The van der Waals surface area contributed by atoms with E-state index < -0.39 is 53.5 Å². The average molecular weight is 549 g/mol. The zero-order valence-corrected chi connectivity index (χ0v) is 20.8. The van der Waals surface area contributed by atoms with Crippen LogP contribution in [0.3, 0.4) is 0 Å². The number of ether oxygens (including phenoxy) is 1. The highest BCUT2D eigenvalue weighted by Gasteiger charge is 2.45. The highest BCUT2D eigenvalue weighted by Crippen LogP contribution is 2.40. The van der Waals surface area contributed by atoms with Crippen molar-refractivity contribution in [1.82, 2.24) is 9.80 Å². The third-order valence-corrected chi connectivity index (χ3v) is 8.77. The summed E-state index contributed by atoms with van der Waals surface area (Å²) in [5.41, 5.74) is 4.95. The van der Waals surface area contributed by atoms with Gasteiger partial charge in [0.1, 0.15) is 11.5 Å². The van der Waals surface area contributed by atoms with Gasteiger partial charge < -0.3 is 19.1 Å². The minimum Gasteiger partial charge on any atom is -0.616 e. The highest BCUT2D eigenvalue weighted by atomic mass is 32.2. The van der Waals surface area contributed by atoms with E-state index >= 15 is 0 Å². The molecule has 0 radical (unpaired) electrons. The molecule has 1 heterocycles. The minimum atomic E-state index is -4.78. The van der Waals surface area contributed by atoms with Gasteiger partial charge >= 0.3 is 18.4 Å². The number of amides is 2. The Labute approximate surface area is 209 Å². The molecule has 2 aliphatic carbocycles. The lowest BCUT2D eigenvalue weighted by Gasteiger charge is -2.43. The van der Waals surface area contributed by atoms with Crippen molar-refractivity contribution >= 4 is 23.1 Å². The van der Waals surface area contributed by atoms with Gasteiger partial charge in [-0.1, -0.05) is 17.6 Å². The third-order valence-electron chi connectivity index (χ3n) is 7.49. The molecule has 0 aromatic carbocycles. The van der Waals surface area contributed by atoms with Crippen LogP contribution >= 0.6 is 0 Å². The van der Waals surface area contributed by atoms with Gasteiger partial charge in [0.05, 0.1) is 19.0 Å². The normalized spacial score (nSPS) is 29.5. The van der Waals surface area contributed by atoms with Gasteiger partial charge in [-0.2, -0.15) is 26.3 Å². The molecule has 208 valence electrons. The fourth-order valence-electron chi connectivity index (χ4n) is 5.32. The first-order valence-corrected chi connectivity index (χ1v) is 13.8. The Bertz CT molecular complexity index is 755. The van der Waals surface area contributed by atoms with E-state index in [9.17, 15) is 35.7 Å². The summed E-state index contributed by atoms with van der Waals surface area (Å²) in [5.74, 6) is -1.90. The van der Waals surface area contributed by atoms with Crippen LogP contribution in [0.5, 0.6) is 0 Å². The molecule has 7 nitrogen and oxygen atoms in total. The molecule has 36 heavy (non-hydrogen) atoms. The van der Waals surface area contributed by atoms with Crippen molar-refractivity contribution in [2.24, 2.45) is 23.5 Å².